The van der Waals surface area contributed by atoms with Gasteiger partial charge in [0, 0.05) is 0 Å². The summed E-state index contributed by atoms with van der Waals surface area (Å²) in [5.74, 6) is -1.25. The van der Waals surface area contributed by atoms with Gasteiger partial charge in [-0.2, -0.15) is 0 Å². The van der Waals surface area contributed by atoms with Crippen LogP contribution in [0.15, 0.2) is 18.2 Å². The van der Waals surface area contributed by atoms with Gasteiger partial charge in [-0.1, -0.05) is 11.6 Å². The summed E-state index contributed by atoms with van der Waals surface area (Å²) in [4.78, 5) is 10.4. The van der Waals surface area contributed by atoms with Crippen molar-refractivity contribution in [2.75, 3.05) is 0 Å². The van der Waals surface area contributed by atoms with Crippen LogP contribution < -0.4 is 0 Å². The highest BCUT2D eigenvalue weighted by molar-refractivity contribution is 6.33. The maximum atomic E-state index is 10.4. The molecule has 0 aromatic heterocycles. The van der Waals surface area contributed by atoms with E-state index in [9.17, 15) is 4.79 Å². The number of benzene rings is 1. The molecule has 1 aromatic rings. The Labute approximate surface area is 80.0 Å². The van der Waals surface area contributed by atoms with Crippen molar-refractivity contribution < 1.29 is 15.0 Å². The van der Waals surface area contributed by atoms with Crippen LogP contribution in [0.1, 0.15) is 10.4 Å². The lowest BCUT2D eigenvalue weighted by molar-refractivity contribution is 0.0696. The van der Waals surface area contributed by atoms with Crippen LogP contribution in [0.5, 0.6) is 5.75 Å². The number of carboxylic acids is 1. The molecule has 0 radical (unpaired) electrons. The van der Waals surface area contributed by atoms with Crippen LogP contribution in [0.2, 0.25) is 5.02 Å². The third-order valence-corrected chi connectivity index (χ3v) is 1.51. The SMILES string of the molecule is Cl.O=C(O)c1cc(O)ccc1Cl. The maximum absolute atomic E-state index is 10.4. The lowest BCUT2D eigenvalue weighted by Gasteiger charge is -1.97. The molecule has 1 rings (SSSR count). The van der Waals surface area contributed by atoms with Crippen molar-refractivity contribution in [1.82, 2.24) is 0 Å². The number of aromatic carboxylic acids is 1. The van der Waals surface area contributed by atoms with Gasteiger partial charge in [0.25, 0.3) is 0 Å². The van der Waals surface area contributed by atoms with E-state index >= 15 is 0 Å². The number of aromatic hydroxyl groups is 1. The normalized spacial score (nSPS) is 8.75. The van der Waals surface area contributed by atoms with Gasteiger partial charge in [0.05, 0.1) is 10.6 Å². The number of hydrogen-bond donors (Lipinski definition) is 2. The molecule has 12 heavy (non-hydrogen) atoms. The summed E-state index contributed by atoms with van der Waals surface area (Å²) in [6, 6.07) is 3.76. The average Bonchev–Trinajstić information content (AvgIpc) is 1.94. The molecule has 0 unspecified atom stereocenters. The quantitative estimate of drug-likeness (QED) is 0.744. The monoisotopic (exact) mass is 208 g/mol. The molecule has 0 fully saturated rings. The summed E-state index contributed by atoms with van der Waals surface area (Å²) < 4.78 is 0. The predicted octanol–water partition coefficient (Wildman–Crippen LogP) is 2.17. The first-order valence-electron chi connectivity index (χ1n) is 2.83. The zero-order valence-electron chi connectivity index (χ0n) is 5.82. The van der Waals surface area contributed by atoms with Gasteiger partial charge in [0.15, 0.2) is 0 Å². The molecule has 66 valence electrons. The van der Waals surface area contributed by atoms with Gasteiger partial charge in [0.1, 0.15) is 5.75 Å². The highest BCUT2D eigenvalue weighted by Crippen LogP contribution is 2.20. The maximum Gasteiger partial charge on any atom is 0.337 e. The molecule has 0 atom stereocenters. The van der Waals surface area contributed by atoms with Gasteiger partial charge < -0.3 is 10.2 Å². The molecule has 5 heteroatoms. The molecule has 0 amide bonds. The fourth-order valence-corrected chi connectivity index (χ4v) is 0.876. The summed E-state index contributed by atoms with van der Waals surface area (Å²) in [6.07, 6.45) is 0. The first-order valence-corrected chi connectivity index (χ1v) is 3.21. The smallest absolute Gasteiger partial charge is 0.337 e. The minimum atomic E-state index is -1.15. The fourth-order valence-electron chi connectivity index (χ4n) is 0.677. The van der Waals surface area contributed by atoms with Crippen LogP contribution in [-0.2, 0) is 0 Å². The largest absolute Gasteiger partial charge is 0.508 e. The van der Waals surface area contributed by atoms with Crippen molar-refractivity contribution in [1.29, 1.82) is 0 Å². The van der Waals surface area contributed by atoms with E-state index in [0.717, 1.165) is 6.07 Å². The molecule has 0 saturated heterocycles. The molecule has 0 aliphatic carbocycles. The van der Waals surface area contributed by atoms with E-state index < -0.39 is 5.97 Å². The molecule has 0 aliphatic heterocycles. The third-order valence-electron chi connectivity index (χ3n) is 1.18. The van der Waals surface area contributed by atoms with E-state index in [2.05, 4.69) is 0 Å². The Kier molecular flexibility index (Phi) is 3.86. The van der Waals surface area contributed by atoms with E-state index in [1.54, 1.807) is 0 Å². The molecule has 1 aromatic carbocycles. The van der Waals surface area contributed by atoms with Gasteiger partial charge in [-0.15, -0.1) is 12.4 Å². The van der Waals surface area contributed by atoms with Crippen molar-refractivity contribution in [2.45, 2.75) is 0 Å². The topological polar surface area (TPSA) is 57.5 Å². The number of hydrogen-bond acceptors (Lipinski definition) is 2. The van der Waals surface area contributed by atoms with Gasteiger partial charge in [-0.3, -0.25) is 0 Å². The molecule has 2 N–H and O–H groups in total. The van der Waals surface area contributed by atoms with Gasteiger partial charge >= 0.3 is 5.97 Å². The second-order valence-electron chi connectivity index (χ2n) is 1.97. The van der Waals surface area contributed by atoms with Gasteiger partial charge in [0.2, 0.25) is 0 Å². The van der Waals surface area contributed by atoms with Crippen LogP contribution in [0.25, 0.3) is 0 Å². The van der Waals surface area contributed by atoms with Crippen molar-refractivity contribution in [3.63, 3.8) is 0 Å². The minimum Gasteiger partial charge on any atom is -0.508 e. The average molecular weight is 209 g/mol. The van der Waals surface area contributed by atoms with Crippen LogP contribution in [0, 0.1) is 0 Å². The molecule has 0 bridgehead atoms. The number of carbonyl (C=O) groups is 1. The van der Waals surface area contributed by atoms with Crippen molar-refractivity contribution in [3.8, 4) is 5.75 Å². The summed E-state index contributed by atoms with van der Waals surface area (Å²) in [7, 11) is 0. The van der Waals surface area contributed by atoms with Gasteiger partial charge in [-0.05, 0) is 18.2 Å². The Hall–Kier alpha value is -0.930. The number of halogens is 2. The first-order chi connectivity index (χ1) is 5.11. The third kappa shape index (κ3) is 2.29. The summed E-state index contributed by atoms with van der Waals surface area (Å²) >= 11 is 5.50. The number of phenols is 1. The molecule has 0 aliphatic rings. The fraction of sp³-hybridized carbons (Fsp3) is 0. The highest BCUT2D eigenvalue weighted by atomic mass is 35.5. The van der Waals surface area contributed by atoms with E-state index in [4.69, 9.17) is 21.8 Å². The second-order valence-corrected chi connectivity index (χ2v) is 2.38. The summed E-state index contributed by atoms with van der Waals surface area (Å²) in [5.41, 5.74) is -0.0910. The molecule has 0 saturated carbocycles. The molecular formula is C7H6Cl2O3. The first kappa shape index (κ1) is 11.1. The standard InChI is InChI=1S/C7H5ClO3.ClH/c8-6-2-1-4(9)3-5(6)7(10)11;/h1-3,9H,(H,10,11);1H. The van der Waals surface area contributed by atoms with Crippen molar-refractivity contribution in [2.24, 2.45) is 0 Å². The Morgan fingerprint density at radius 3 is 2.42 bits per heavy atom. The molecule has 0 heterocycles. The summed E-state index contributed by atoms with van der Waals surface area (Å²) in [5, 5.41) is 17.5. The van der Waals surface area contributed by atoms with Crippen molar-refractivity contribution in [3.05, 3.63) is 28.8 Å². The van der Waals surface area contributed by atoms with Crippen LogP contribution >= 0.6 is 24.0 Å². The second kappa shape index (κ2) is 4.18. The van der Waals surface area contributed by atoms with Crippen LogP contribution in [0.3, 0.4) is 0 Å². The van der Waals surface area contributed by atoms with Crippen molar-refractivity contribution >= 4 is 30.0 Å². The number of carboxylic acid groups (broad SMARTS) is 1. The van der Waals surface area contributed by atoms with E-state index in [0.29, 0.717) is 0 Å². The molecular weight excluding hydrogens is 203 g/mol. The zero-order chi connectivity index (χ0) is 8.43. The lowest BCUT2D eigenvalue weighted by atomic mass is 10.2. The minimum absolute atomic E-state index is 0. The molecule has 0 spiro atoms. The van der Waals surface area contributed by atoms with E-state index in [-0.39, 0.29) is 28.7 Å². The Morgan fingerprint density at radius 2 is 2.00 bits per heavy atom. The van der Waals surface area contributed by atoms with Crippen LogP contribution in [0.4, 0.5) is 0 Å². The Morgan fingerprint density at radius 1 is 1.42 bits per heavy atom. The zero-order valence-corrected chi connectivity index (χ0v) is 7.39. The number of rotatable bonds is 1. The Bertz CT molecular complexity index is 299. The molecule has 3 nitrogen and oxygen atoms in total. The Balaban J connectivity index is 0.00000121. The van der Waals surface area contributed by atoms with Crippen LogP contribution in [-0.4, -0.2) is 16.2 Å². The summed E-state index contributed by atoms with van der Waals surface area (Å²) in [6.45, 7) is 0. The number of phenolic OH excluding ortho intramolecular Hbond substituents is 1. The van der Waals surface area contributed by atoms with Gasteiger partial charge in [-0.25, -0.2) is 4.79 Å². The predicted molar refractivity (Wildman–Crippen MR) is 47.3 cm³/mol. The lowest BCUT2D eigenvalue weighted by Crippen LogP contribution is -1.96. The highest BCUT2D eigenvalue weighted by Gasteiger charge is 2.08. The van der Waals surface area contributed by atoms with E-state index in [1.165, 1.54) is 12.1 Å². The van der Waals surface area contributed by atoms with E-state index in [1.807, 2.05) is 0 Å².